The fraction of sp³-hybridized carbons (Fsp3) is 0.800. The molecule has 0 saturated heterocycles. The van der Waals surface area contributed by atoms with Crippen LogP contribution in [0, 0.1) is 5.92 Å². The molecule has 0 spiro atoms. The van der Waals surface area contributed by atoms with Crippen LogP contribution in [-0.2, 0) is 17.9 Å². The molecule has 4 nitrogen and oxygen atoms in total. The van der Waals surface area contributed by atoms with E-state index >= 15 is 0 Å². The summed E-state index contributed by atoms with van der Waals surface area (Å²) >= 11 is 1.80. The minimum Gasteiger partial charge on any atom is -0.378 e. The zero-order valence-corrected chi connectivity index (χ0v) is 13.9. The molecule has 0 bridgehead atoms. The normalized spacial score (nSPS) is 23.0. The van der Waals surface area contributed by atoms with E-state index < -0.39 is 0 Å². The van der Waals surface area contributed by atoms with E-state index in [0.717, 1.165) is 23.3 Å². The lowest BCUT2D eigenvalue weighted by molar-refractivity contribution is 0.181. The molecule has 1 aromatic rings. The molecule has 1 heterocycles. The number of methoxy groups -OCH3 is 1. The third kappa shape index (κ3) is 3.71. The summed E-state index contributed by atoms with van der Waals surface area (Å²) < 4.78 is 5.27. The molecular weight excluding hydrogens is 270 g/mol. The molecule has 0 aromatic carbocycles. The van der Waals surface area contributed by atoms with Gasteiger partial charge in [-0.05, 0) is 25.8 Å². The van der Waals surface area contributed by atoms with Crippen molar-refractivity contribution in [2.45, 2.75) is 51.8 Å². The van der Waals surface area contributed by atoms with Crippen molar-refractivity contribution in [3.63, 3.8) is 0 Å². The van der Waals surface area contributed by atoms with Crippen molar-refractivity contribution in [2.75, 3.05) is 26.1 Å². The first-order valence-corrected chi connectivity index (χ1v) is 8.32. The lowest BCUT2D eigenvalue weighted by Crippen LogP contribution is -2.35. The monoisotopic (exact) mass is 297 g/mol. The highest BCUT2D eigenvalue weighted by molar-refractivity contribution is 7.15. The van der Waals surface area contributed by atoms with E-state index in [1.807, 2.05) is 7.05 Å². The molecule has 1 aromatic heterocycles. The topological polar surface area (TPSA) is 37.4 Å². The molecule has 20 heavy (non-hydrogen) atoms. The highest BCUT2D eigenvalue weighted by atomic mass is 32.1. The Morgan fingerprint density at radius 1 is 1.45 bits per heavy atom. The van der Waals surface area contributed by atoms with Gasteiger partial charge in [0.2, 0.25) is 0 Å². The predicted molar refractivity (Wildman–Crippen MR) is 85.4 cm³/mol. The average Bonchev–Trinajstić information content (AvgIpc) is 2.82. The van der Waals surface area contributed by atoms with E-state index in [4.69, 9.17) is 9.72 Å². The van der Waals surface area contributed by atoms with Crippen LogP contribution < -0.4 is 10.2 Å². The number of nitrogens with one attached hydrogen (secondary N) is 1. The van der Waals surface area contributed by atoms with Gasteiger partial charge >= 0.3 is 0 Å². The van der Waals surface area contributed by atoms with E-state index in [1.165, 1.54) is 30.6 Å². The molecule has 114 valence electrons. The van der Waals surface area contributed by atoms with E-state index in [9.17, 15) is 0 Å². The highest BCUT2D eigenvalue weighted by Gasteiger charge is 2.25. The van der Waals surface area contributed by atoms with Gasteiger partial charge in [0.15, 0.2) is 5.13 Å². The number of hydrogen-bond acceptors (Lipinski definition) is 5. The maximum Gasteiger partial charge on any atom is 0.185 e. The fourth-order valence-electron chi connectivity index (χ4n) is 2.98. The van der Waals surface area contributed by atoms with Gasteiger partial charge < -0.3 is 15.0 Å². The lowest BCUT2D eigenvalue weighted by Gasteiger charge is -2.33. The van der Waals surface area contributed by atoms with Crippen molar-refractivity contribution in [3.05, 3.63) is 10.6 Å². The number of nitrogens with zero attached hydrogens (tertiary/aromatic N) is 2. The van der Waals surface area contributed by atoms with Gasteiger partial charge in [0.1, 0.15) is 0 Å². The first kappa shape index (κ1) is 15.7. The van der Waals surface area contributed by atoms with E-state index in [1.54, 1.807) is 18.4 Å². The van der Waals surface area contributed by atoms with E-state index in [0.29, 0.717) is 12.6 Å². The number of rotatable bonds is 6. The molecule has 2 atom stereocenters. The molecule has 2 unspecified atom stereocenters. The zero-order valence-electron chi connectivity index (χ0n) is 13.1. The predicted octanol–water partition coefficient (Wildman–Crippen LogP) is 3.02. The third-order valence-electron chi connectivity index (χ3n) is 4.14. The van der Waals surface area contributed by atoms with E-state index in [-0.39, 0.29) is 0 Å². The highest BCUT2D eigenvalue weighted by Crippen LogP contribution is 2.33. The minimum atomic E-state index is 0.600. The van der Waals surface area contributed by atoms with Gasteiger partial charge in [0.25, 0.3) is 0 Å². The third-order valence-corrected chi connectivity index (χ3v) is 5.33. The molecule has 0 radical (unpaired) electrons. The van der Waals surface area contributed by atoms with Crippen LogP contribution in [0.25, 0.3) is 0 Å². The Bertz CT molecular complexity index is 398. The first-order chi connectivity index (χ1) is 9.65. The summed E-state index contributed by atoms with van der Waals surface area (Å²) in [5.74, 6) is 0.839. The molecule has 2 rings (SSSR count). The Hall–Kier alpha value is -0.650. The Labute approximate surface area is 126 Å². The van der Waals surface area contributed by atoms with Crippen molar-refractivity contribution in [1.82, 2.24) is 10.3 Å². The lowest BCUT2D eigenvalue weighted by atomic mass is 9.86. The van der Waals surface area contributed by atoms with Crippen LogP contribution in [0.2, 0.25) is 0 Å². The van der Waals surface area contributed by atoms with Gasteiger partial charge in [-0.2, -0.15) is 0 Å². The second kappa shape index (κ2) is 7.38. The number of thiazole rings is 1. The summed E-state index contributed by atoms with van der Waals surface area (Å²) in [7, 11) is 5.90. The summed E-state index contributed by atoms with van der Waals surface area (Å²) in [6, 6.07) is 0.641. The summed E-state index contributed by atoms with van der Waals surface area (Å²) in [5, 5.41) is 4.36. The SMILES string of the molecule is CNCc1sc(N(C)C2CCCC(C)C2)nc1COC. The maximum absolute atomic E-state index is 5.27. The van der Waals surface area contributed by atoms with Crippen molar-refractivity contribution in [3.8, 4) is 0 Å². The van der Waals surface area contributed by atoms with Crippen LogP contribution >= 0.6 is 11.3 Å². The second-order valence-corrected chi connectivity index (χ2v) is 6.93. The Balaban J connectivity index is 2.12. The van der Waals surface area contributed by atoms with Crippen LogP contribution in [0.1, 0.15) is 43.2 Å². The molecule has 1 saturated carbocycles. The number of hydrogen-bond donors (Lipinski definition) is 1. The molecule has 5 heteroatoms. The first-order valence-electron chi connectivity index (χ1n) is 7.50. The van der Waals surface area contributed by atoms with Gasteiger partial charge in [0, 0.05) is 31.6 Å². The van der Waals surface area contributed by atoms with Gasteiger partial charge in [-0.1, -0.05) is 19.8 Å². The number of ether oxygens (including phenoxy) is 1. The second-order valence-electron chi connectivity index (χ2n) is 5.87. The number of aromatic nitrogens is 1. The molecular formula is C15H27N3OS. The molecule has 0 aliphatic heterocycles. The van der Waals surface area contributed by atoms with Crippen molar-refractivity contribution in [1.29, 1.82) is 0 Å². The Morgan fingerprint density at radius 2 is 2.25 bits per heavy atom. The van der Waals surface area contributed by atoms with Crippen LogP contribution in [0.5, 0.6) is 0 Å². The Kier molecular flexibility index (Phi) is 5.81. The molecule has 1 aliphatic rings. The smallest absolute Gasteiger partial charge is 0.185 e. The van der Waals surface area contributed by atoms with Gasteiger partial charge in [-0.3, -0.25) is 0 Å². The van der Waals surface area contributed by atoms with Crippen LogP contribution in [0.3, 0.4) is 0 Å². The van der Waals surface area contributed by atoms with Crippen LogP contribution in [0.15, 0.2) is 0 Å². The van der Waals surface area contributed by atoms with Crippen molar-refractivity contribution < 1.29 is 4.74 Å². The maximum atomic E-state index is 5.27. The van der Waals surface area contributed by atoms with Crippen LogP contribution in [-0.4, -0.2) is 32.2 Å². The summed E-state index contributed by atoms with van der Waals surface area (Å²) in [6.45, 7) is 3.83. The minimum absolute atomic E-state index is 0.600. The number of anilines is 1. The molecule has 1 fully saturated rings. The fourth-order valence-corrected chi connectivity index (χ4v) is 4.09. The largest absolute Gasteiger partial charge is 0.378 e. The van der Waals surface area contributed by atoms with Crippen molar-refractivity contribution in [2.24, 2.45) is 5.92 Å². The standard InChI is InChI=1S/C15H27N3OS/c1-11-6-5-7-12(8-11)18(3)15-17-13(10-19-4)14(20-15)9-16-2/h11-12,16H,5-10H2,1-4H3. The summed E-state index contributed by atoms with van der Waals surface area (Å²) in [5.41, 5.74) is 1.08. The quantitative estimate of drug-likeness (QED) is 0.876. The molecule has 0 amide bonds. The van der Waals surface area contributed by atoms with Gasteiger partial charge in [0.05, 0.1) is 12.3 Å². The zero-order chi connectivity index (χ0) is 14.5. The summed E-state index contributed by atoms with van der Waals surface area (Å²) in [4.78, 5) is 8.48. The molecule has 1 N–H and O–H groups in total. The molecule has 1 aliphatic carbocycles. The van der Waals surface area contributed by atoms with E-state index in [2.05, 4.69) is 24.2 Å². The Morgan fingerprint density at radius 3 is 2.90 bits per heavy atom. The van der Waals surface area contributed by atoms with Gasteiger partial charge in [-0.25, -0.2) is 4.98 Å². The van der Waals surface area contributed by atoms with Gasteiger partial charge in [-0.15, -0.1) is 11.3 Å². The average molecular weight is 297 g/mol. The van der Waals surface area contributed by atoms with Crippen molar-refractivity contribution >= 4 is 16.5 Å². The summed E-state index contributed by atoms with van der Waals surface area (Å²) in [6.07, 6.45) is 5.30. The van der Waals surface area contributed by atoms with Crippen LogP contribution in [0.4, 0.5) is 5.13 Å².